The Balaban J connectivity index is 2.00. The van der Waals surface area contributed by atoms with Crippen molar-refractivity contribution in [1.82, 2.24) is 5.32 Å². The van der Waals surface area contributed by atoms with Crippen LogP contribution in [0.3, 0.4) is 0 Å². The fourth-order valence-corrected chi connectivity index (χ4v) is 4.12. The molecule has 3 rings (SSSR count). The quantitative estimate of drug-likeness (QED) is 0.431. The van der Waals surface area contributed by atoms with Crippen molar-refractivity contribution in [2.75, 3.05) is 5.32 Å². The molecule has 1 fully saturated rings. The van der Waals surface area contributed by atoms with Crippen LogP contribution in [-0.4, -0.2) is 34.2 Å². The normalized spacial score (nSPS) is 18.7. The predicted molar refractivity (Wildman–Crippen MR) is 116 cm³/mol. The first-order chi connectivity index (χ1) is 14.2. The zero-order valence-electron chi connectivity index (χ0n) is 16.1. The number of halogens is 3. The van der Waals surface area contributed by atoms with Gasteiger partial charge in [0.05, 0.1) is 22.9 Å². The van der Waals surface area contributed by atoms with E-state index >= 15 is 0 Å². The van der Waals surface area contributed by atoms with Gasteiger partial charge in [0, 0.05) is 15.3 Å². The summed E-state index contributed by atoms with van der Waals surface area (Å²) in [5.74, 6) is -5.34. The van der Waals surface area contributed by atoms with Gasteiger partial charge in [-0.3, -0.25) is 4.79 Å². The number of hydrogen-bond acceptors (Lipinski definition) is 4. The van der Waals surface area contributed by atoms with Gasteiger partial charge in [0.1, 0.15) is 0 Å². The molecule has 0 atom stereocenters. The minimum absolute atomic E-state index is 0.241. The highest BCUT2D eigenvalue weighted by molar-refractivity contribution is 14.1. The molecule has 160 valence electrons. The summed E-state index contributed by atoms with van der Waals surface area (Å²) in [7, 11) is 0. The number of carbonyl (C=O) groups is 2. The third-order valence-corrected chi connectivity index (χ3v) is 5.83. The summed E-state index contributed by atoms with van der Waals surface area (Å²) >= 11 is 2.12. The second-order valence-electron chi connectivity index (χ2n) is 7.34. The molecule has 1 amide bonds. The van der Waals surface area contributed by atoms with Crippen molar-refractivity contribution < 1.29 is 28.6 Å². The molecule has 9 heteroatoms. The van der Waals surface area contributed by atoms with Gasteiger partial charge >= 0.3 is 5.97 Å². The largest absolute Gasteiger partial charge is 0.478 e. The molecule has 1 aliphatic carbocycles. The molecule has 30 heavy (non-hydrogen) atoms. The molecule has 1 saturated carbocycles. The number of aliphatic hydroxyl groups excluding tert-OH is 1. The van der Waals surface area contributed by atoms with E-state index in [1.165, 1.54) is 0 Å². The van der Waals surface area contributed by atoms with Gasteiger partial charge in [-0.1, -0.05) is 0 Å². The third kappa shape index (κ3) is 4.89. The number of aliphatic hydroxyl groups is 1. The molecule has 0 aliphatic heterocycles. The zero-order valence-corrected chi connectivity index (χ0v) is 18.3. The van der Waals surface area contributed by atoms with Crippen LogP contribution in [0.2, 0.25) is 0 Å². The van der Waals surface area contributed by atoms with Gasteiger partial charge in [-0.2, -0.15) is 0 Å². The summed E-state index contributed by atoms with van der Waals surface area (Å²) in [6.45, 7) is 1.78. The van der Waals surface area contributed by atoms with E-state index in [-0.39, 0.29) is 11.6 Å². The molecule has 6 nitrogen and oxygen atoms in total. The number of nitrogens with one attached hydrogen (secondary N) is 2. The van der Waals surface area contributed by atoms with Crippen LogP contribution in [0.4, 0.5) is 20.2 Å². The number of aryl methyl sites for hydroxylation is 1. The smallest absolute Gasteiger partial charge is 0.338 e. The number of benzene rings is 2. The maximum absolute atomic E-state index is 14.9. The van der Waals surface area contributed by atoms with Crippen LogP contribution in [0.25, 0.3) is 0 Å². The number of rotatable bonds is 5. The van der Waals surface area contributed by atoms with Gasteiger partial charge in [0.15, 0.2) is 11.6 Å². The predicted octanol–water partition coefficient (Wildman–Crippen LogP) is 4.35. The number of anilines is 2. The maximum atomic E-state index is 14.9. The Kier molecular flexibility index (Phi) is 6.91. The first-order valence-electron chi connectivity index (χ1n) is 9.44. The van der Waals surface area contributed by atoms with Crippen molar-refractivity contribution in [2.24, 2.45) is 0 Å². The van der Waals surface area contributed by atoms with E-state index in [1.54, 1.807) is 19.1 Å². The molecule has 1 aliphatic rings. The summed E-state index contributed by atoms with van der Waals surface area (Å²) in [5.41, 5.74) is -0.421. The maximum Gasteiger partial charge on any atom is 0.338 e. The highest BCUT2D eigenvalue weighted by Crippen LogP contribution is 2.31. The lowest BCUT2D eigenvalue weighted by atomic mass is 9.93. The number of carboxylic acids is 1. The van der Waals surface area contributed by atoms with Crippen molar-refractivity contribution in [3.63, 3.8) is 0 Å². The fourth-order valence-electron chi connectivity index (χ4n) is 3.47. The molecule has 0 aromatic heterocycles. The minimum atomic E-state index is -1.67. The van der Waals surface area contributed by atoms with E-state index < -0.39 is 40.9 Å². The first kappa shape index (κ1) is 22.4. The van der Waals surface area contributed by atoms with Gasteiger partial charge in [-0.05, 0) is 85.0 Å². The van der Waals surface area contributed by atoms with Crippen molar-refractivity contribution in [3.8, 4) is 0 Å². The Labute approximate surface area is 185 Å². The second-order valence-corrected chi connectivity index (χ2v) is 8.59. The number of hydrogen-bond donors (Lipinski definition) is 4. The van der Waals surface area contributed by atoms with Gasteiger partial charge in [-0.15, -0.1) is 0 Å². The molecule has 0 unspecified atom stereocenters. The number of carboxylic acid groups (broad SMARTS) is 1. The van der Waals surface area contributed by atoms with Crippen LogP contribution in [0.1, 0.15) is 52.0 Å². The summed E-state index contributed by atoms with van der Waals surface area (Å²) < 4.78 is 30.2. The minimum Gasteiger partial charge on any atom is -0.478 e. The van der Waals surface area contributed by atoms with Crippen LogP contribution in [0, 0.1) is 22.1 Å². The molecule has 0 heterocycles. The molecule has 2 aromatic rings. The lowest BCUT2D eigenvalue weighted by molar-refractivity contribution is 0.0690. The second kappa shape index (κ2) is 9.25. The Morgan fingerprint density at radius 3 is 2.33 bits per heavy atom. The van der Waals surface area contributed by atoms with Crippen LogP contribution in [-0.2, 0) is 0 Å². The van der Waals surface area contributed by atoms with E-state index in [9.17, 15) is 28.6 Å². The van der Waals surface area contributed by atoms with E-state index in [0.29, 0.717) is 31.4 Å². The summed E-state index contributed by atoms with van der Waals surface area (Å²) in [5, 5.41) is 24.3. The third-order valence-electron chi connectivity index (χ3n) is 5.16. The Bertz CT molecular complexity index is 991. The van der Waals surface area contributed by atoms with Gasteiger partial charge in [0.25, 0.3) is 5.91 Å². The average Bonchev–Trinajstić information content (AvgIpc) is 2.68. The molecular weight excluding hydrogens is 509 g/mol. The summed E-state index contributed by atoms with van der Waals surface area (Å²) in [4.78, 5) is 24.2. The highest BCUT2D eigenvalue weighted by Gasteiger charge is 2.28. The molecule has 2 aromatic carbocycles. The van der Waals surface area contributed by atoms with Crippen LogP contribution >= 0.6 is 22.6 Å². The van der Waals surface area contributed by atoms with E-state index in [2.05, 4.69) is 33.2 Å². The van der Waals surface area contributed by atoms with Gasteiger partial charge in [-0.25, -0.2) is 13.6 Å². The zero-order chi connectivity index (χ0) is 22.0. The highest BCUT2D eigenvalue weighted by atomic mass is 127. The number of amides is 1. The lowest BCUT2D eigenvalue weighted by Crippen LogP contribution is -2.39. The SMILES string of the molecule is Cc1cc(I)ccc1Nc1c(C(=O)NC2CCC(O)CC2)cc(C(=O)O)c(F)c1F. The Morgan fingerprint density at radius 1 is 1.07 bits per heavy atom. The average molecular weight is 530 g/mol. The van der Waals surface area contributed by atoms with Crippen molar-refractivity contribution >= 4 is 45.8 Å². The Morgan fingerprint density at radius 2 is 1.73 bits per heavy atom. The molecular formula is C21H21F2IN2O4. The fraction of sp³-hybridized carbons (Fsp3) is 0.333. The molecule has 0 radical (unpaired) electrons. The molecule has 0 spiro atoms. The Hall–Kier alpha value is -2.27. The van der Waals surface area contributed by atoms with Crippen molar-refractivity contribution in [1.29, 1.82) is 0 Å². The van der Waals surface area contributed by atoms with E-state index in [0.717, 1.165) is 15.2 Å². The number of aromatic carboxylic acids is 1. The van der Waals surface area contributed by atoms with Crippen LogP contribution in [0.5, 0.6) is 0 Å². The molecule has 0 saturated heterocycles. The molecule has 4 N–H and O–H groups in total. The first-order valence-corrected chi connectivity index (χ1v) is 10.5. The van der Waals surface area contributed by atoms with Crippen LogP contribution in [0.15, 0.2) is 24.3 Å². The van der Waals surface area contributed by atoms with Gasteiger partial charge in [0.2, 0.25) is 0 Å². The monoisotopic (exact) mass is 530 g/mol. The topological polar surface area (TPSA) is 98.7 Å². The van der Waals surface area contributed by atoms with E-state index in [4.69, 9.17) is 0 Å². The van der Waals surface area contributed by atoms with Gasteiger partial charge < -0.3 is 20.8 Å². The lowest BCUT2D eigenvalue weighted by Gasteiger charge is -2.26. The summed E-state index contributed by atoms with van der Waals surface area (Å²) in [6.07, 6.45) is 1.72. The number of carbonyl (C=O) groups excluding carboxylic acids is 1. The summed E-state index contributed by atoms with van der Waals surface area (Å²) in [6, 6.07) is 5.87. The van der Waals surface area contributed by atoms with Crippen molar-refractivity contribution in [3.05, 3.63) is 56.2 Å². The van der Waals surface area contributed by atoms with E-state index in [1.807, 2.05) is 6.07 Å². The standard InChI is InChI=1S/C21H21F2IN2O4/c1-10-8-11(24)2-7-16(10)26-19-15(9-14(21(29)30)17(22)18(19)23)20(28)25-12-3-5-13(27)6-4-12/h2,7-9,12-13,26-27H,3-6H2,1H3,(H,25,28)(H,29,30). The molecule has 0 bridgehead atoms. The van der Waals surface area contributed by atoms with Crippen LogP contribution < -0.4 is 10.6 Å². The van der Waals surface area contributed by atoms with Crippen molar-refractivity contribution in [2.45, 2.75) is 44.8 Å².